The second-order valence-electron chi connectivity index (χ2n) is 7.69. The van der Waals surface area contributed by atoms with Crippen LogP contribution in [0.5, 0.6) is 5.75 Å². The van der Waals surface area contributed by atoms with Gasteiger partial charge in [0, 0.05) is 11.8 Å². The molecule has 1 aliphatic rings. The Kier molecular flexibility index (Phi) is 7.49. The van der Waals surface area contributed by atoms with Gasteiger partial charge in [-0.3, -0.25) is 19.7 Å². The van der Waals surface area contributed by atoms with Crippen molar-refractivity contribution in [3.8, 4) is 5.75 Å². The summed E-state index contributed by atoms with van der Waals surface area (Å²) in [5, 5.41) is 13.5. The van der Waals surface area contributed by atoms with E-state index in [1.165, 1.54) is 60.7 Å². The lowest BCUT2D eigenvalue weighted by Gasteiger charge is -2.18. The number of anilines is 2. The van der Waals surface area contributed by atoms with Gasteiger partial charge in [-0.05, 0) is 49.4 Å². The van der Waals surface area contributed by atoms with Crippen LogP contribution in [-0.4, -0.2) is 35.3 Å². The SMILES string of the molecule is CCOC(=O)c1ccccc1N1C(=O)C(Cl)=C(Nc2ccc(C(=O)Oc3ccccc3[N+](=O)[O-])cc2)C1=O. The molecule has 1 aliphatic heterocycles. The predicted molar refractivity (Wildman–Crippen MR) is 136 cm³/mol. The maximum absolute atomic E-state index is 13.1. The number of carbonyl (C=O) groups is 4. The Balaban J connectivity index is 1.52. The van der Waals surface area contributed by atoms with Crippen LogP contribution in [-0.2, 0) is 14.3 Å². The van der Waals surface area contributed by atoms with Crippen molar-refractivity contribution in [3.05, 3.63) is 105 Å². The molecule has 38 heavy (non-hydrogen) atoms. The Morgan fingerprint density at radius 1 is 0.947 bits per heavy atom. The van der Waals surface area contributed by atoms with Gasteiger partial charge in [-0.25, -0.2) is 14.5 Å². The van der Waals surface area contributed by atoms with Gasteiger partial charge < -0.3 is 14.8 Å². The van der Waals surface area contributed by atoms with Crippen LogP contribution in [0.25, 0.3) is 0 Å². The van der Waals surface area contributed by atoms with Crippen LogP contribution in [0.2, 0.25) is 0 Å². The number of ether oxygens (including phenoxy) is 2. The molecule has 4 rings (SSSR count). The number of carbonyl (C=O) groups excluding carboxylic acids is 4. The van der Waals surface area contributed by atoms with Gasteiger partial charge in [0.1, 0.15) is 10.7 Å². The fourth-order valence-electron chi connectivity index (χ4n) is 3.57. The monoisotopic (exact) mass is 535 g/mol. The fraction of sp³-hybridized carbons (Fsp3) is 0.0769. The summed E-state index contributed by atoms with van der Waals surface area (Å²) in [5.41, 5.74) is -0.174. The van der Waals surface area contributed by atoms with Crippen LogP contribution in [0.4, 0.5) is 17.1 Å². The maximum Gasteiger partial charge on any atom is 0.343 e. The fourth-order valence-corrected chi connectivity index (χ4v) is 3.78. The van der Waals surface area contributed by atoms with E-state index in [9.17, 15) is 29.3 Å². The largest absolute Gasteiger partial charge is 0.462 e. The lowest BCUT2D eigenvalue weighted by atomic mass is 10.1. The molecule has 3 aromatic rings. The number of benzene rings is 3. The molecule has 192 valence electrons. The predicted octanol–water partition coefficient (Wildman–Crippen LogP) is 4.43. The lowest BCUT2D eigenvalue weighted by molar-refractivity contribution is -0.385. The molecule has 0 bridgehead atoms. The van der Waals surface area contributed by atoms with Gasteiger partial charge in [-0.1, -0.05) is 35.9 Å². The maximum atomic E-state index is 13.1. The van der Waals surface area contributed by atoms with Gasteiger partial charge in [0.25, 0.3) is 11.8 Å². The van der Waals surface area contributed by atoms with Crippen LogP contribution in [0.1, 0.15) is 27.6 Å². The third-order valence-electron chi connectivity index (χ3n) is 5.32. The van der Waals surface area contributed by atoms with Crippen molar-refractivity contribution in [1.29, 1.82) is 0 Å². The molecule has 2 amide bonds. The number of rotatable bonds is 8. The molecular formula is C26H18ClN3O8. The first-order chi connectivity index (χ1) is 18.2. The molecule has 0 atom stereocenters. The van der Waals surface area contributed by atoms with Crippen LogP contribution in [0, 0.1) is 10.1 Å². The number of hydrogen-bond donors (Lipinski definition) is 1. The normalized spacial score (nSPS) is 12.9. The first kappa shape index (κ1) is 26.0. The topological polar surface area (TPSA) is 145 Å². The number of nitro groups is 1. The number of amides is 2. The Morgan fingerprint density at radius 2 is 1.61 bits per heavy atom. The van der Waals surface area contributed by atoms with Gasteiger partial charge in [-0.2, -0.15) is 0 Å². The summed E-state index contributed by atoms with van der Waals surface area (Å²) in [6.45, 7) is 1.73. The minimum atomic E-state index is -0.836. The number of hydrogen-bond acceptors (Lipinski definition) is 9. The van der Waals surface area contributed by atoms with Crippen LogP contribution in [0.15, 0.2) is 83.5 Å². The molecule has 0 saturated carbocycles. The molecule has 12 heteroatoms. The molecule has 0 unspecified atom stereocenters. The van der Waals surface area contributed by atoms with Gasteiger partial charge in [0.15, 0.2) is 0 Å². The van der Waals surface area contributed by atoms with Crippen molar-refractivity contribution in [1.82, 2.24) is 0 Å². The van der Waals surface area contributed by atoms with E-state index in [-0.39, 0.29) is 40.6 Å². The molecule has 0 aliphatic carbocycles. The second-order valence-corrected chi connectivity index (χ2v) is 8.07. The molecule has 0 radical (unpaired) electrons. The summed E-state index contributed by atoms with van der Waals surface area (Å²) in [6, 6.07) is 17.0. The number of nitrogens with zero attached hydrogens (tertiary/aromatic N) is 2. The highest BCUT2D eigenvalue weighted by Gasteiger charge is 2.40. The highest BCUT2D eigenvalue weighted by Crippen LogP contribution is 2.33. The van der Waals surface area contributed by atoms with Crippen molar-refractivity contribution >= 4 is 52.4 Å². The van der Waals surface area contributed by atoms with Crippen LogP contribution in [0.3, 0.4) is 0 Å². The number of para-hydroxylation sites is 3. The molecule has 11 nitrogen and oxygen atoms in total. The smallest absolute Gasteiger partial charge is 0.343 e. The average Bonchev–Trinajstić information content (AvgIpc) is 3.12. The first-order valence-electron chi connectivity index (χ1n) is 11.1. The Labute approximate surface area is 220 Å². The molecule has 1 N–H and O–H groups in total. The molecule has 0 saturated heterocycles. The number of halogens is 1. The molecule has 0 fully saturated rings. The number of imide groups is 1. The number of esters is 2. The van der Waals surface area contributed by atoms with E-state index in [2.05, 4.69) is 5.32 Å². The zero-order valence-electron chi connectivity index (χ0n) is 19.7. The Bertz CT molecular complexity index is 1500. The Morgan fingerprint density at radius 3 is 2.29 bits per heavy atom. The summed E-state index contributed by atoms with van der Waals surface area (Å²) in [5.74, 6) is -3.38. The van der Waals surface area contributed by atoms with Gasteiger partial charge in [0.2, 0.25) is 5.75 Å². The van der Waals surface area contributed by atoms with Crippen molar-refractivity contribution in [2.24, 2.45) is 0 Å². The van der Waals surface area contributed by atoms with E-state index >= 15 is 0 Å². The van der Waals surface area contributed by atoms with E-state index in [0.29, 0.717) is 5.69 Å². The van der Waals surface area contributed by atoms with Crippen molar-refractivity contribution in [3.63, 3.8) is 0 Å². The summed E-state index contributed by atoms with van der Waals surface area (Å²) in [4.78, 5) is 62.1. The zero-order valence-corrected chi connectivity index (χ0v) is 20.4. The van der Waals surface area contributed by atoms with Crippen molar-refractivity contribution in [2.75, 3.05) is 16.8 Å². The van der Waals surface area contributed by atoms with E-state index < -0.39 is 33.7 Å². The quantitative estimate of drug-likeness (QED) is 0.145. The summed E-state index contributed by atoms with van der Waals surface area (Å²) < 4.78 is 10.2. The van der Waals surface area contributed by atoms with Crippen LogP contribution >= 0.6 is 11.6 Å². The third kappa shape index (κ3) is 5.08. The van der Waals surface area contributed by atoms with E-state index in [0.717, 1.165) is 4.90 Å². The number of nitrogens with one attached hydrogen (secondary N) is 1. The van der Waals surface area contributed by atoms with Gasteiger partial charge in [-0.15, -0.1) is 0 Å². The summed E-state index contributed by atoms with van der Waals surface area (Å²) in [7, 11) is 0. The molecule has 1 heterocycles. The summed E-state index contributed by atoms with van der Waals surface area (Å²) >= 11 is 6.18. The second kappa shape index (κ2) is 10.9. The highest BCUT2D eigenvalue weighted by molar-refractivity contribution is 6.53. The third-order valence-corrected chi connectivity index (χ3v) is 5.67. The van der Waals surface area contributed by atoms with E-state index in [1.54, 1.807) is 19.1 Å². The minimum absolute atomic E-state index is 0.0169. The molecular weight excluding hydrogens is 518 g/mol. The van der Waals surface area contributed by atoms with Gasteiger partial charge >= 0.3 is 17.6 Å². The highest BCUT2D eigenvalue weighted by atomic mass is 35.5. The van der Waals surface area contributed by atoms with E-state index in [1.807, 2.05) is 0 Å². The lowest BCUT2D eigenvalue weighted by Crippen LogP contribution is -2.33. The van der Waals surface area contributed by atoms with Crippen LogP contribution < -0.4 is 15.0 Å². The average molecular weight is 536 g/mol. The van der Waals surface area contributed by atoms with Crippen molar-refractivity contribution in [2.45, 2.75) is 6.92 Å². The summed E-state index contributed by atoms with van der Waals surface area (Å²) in [6.07, 6.45) is 0. The standard InChI is InChI=1S/C26H18ClN3O8/c1-2-37-26(34)17-7-3-4-8-18(17)29-23(31)21(27)22(24(29)32)28-16-13-11-15(12-14-16)25(33)38-20-10-6-5-9-19(20)30(35)36/h3-14,28H,2H2,1H3. The van der Waals surface area contributed by atoms with Gasteiger partial charge in [0.05, 0.1) is 28.3 Å². The van der Waals surface area contributed by atoms with E-state index in [4.69, 9.17) is 21.1 Å². The number of nitro benzene ring substituents is 1. The Hall–Kier alpha value is -5.03. The molecule has 3 aromatic carbocycles. The molecule has 0 spiro atoms. The minimum Gasteiger partial charge on any atom is -0.462 e. The first-order valence-corrected chi connectivity index (χ1v) is 11.5. The molecule has 0 aromatic heterocycles. The van der Waals surface area contributed by atoms with Crippen molar-refractivity contribution < 1.29 is 33.6 Å². The zero-order chi connectivity index (χ0) is 27.4.